The van der Waals surface area contributed by atoms with Crippen molar-refractivity contribution in [2.24, 2.45) is 5.92 Å². The molecule has 3 fully saturated rings. The van der Waals surface area contributed by atoms with E-state index in [0.717, 1.165) is 21.3 Å². The second-order valence-corrected chi connectivity index (χ2v) is 21.2. The molecule has 1 saturated heterocycles. The first-order valence-corrected chi connectivity index (χ1v) is 23.9. The highest BCUT2D eigenvalue weighted by Gasteiger charge is 2.62. The van der Waals surface area contributed by atoms with Crippen molar-refractivity contribution in [1.82, 2.24) is 29.5 Å². The molecular weight excluding hydrogens is 894 g/mol. The summed E-state index contributed by atoms with van der Waals surface area (Å²) in [6, 6.07) is 5.50. The number of nitro groups is 1. The van der Waals surface area contributed by atoms with E-state index in [9.17, 15) is 50.5 Å². The van der Waals surface area contributed by atoms with Gasteiger partial charge in [0.15, 0.2) is 4.90 Å². The summed E-state index contributed by atoms with van der Waals surface area (Å²) in [4.78, 5) is 82.7. The number of nitrogens with zero attached hydrogens (tertiary/aromatic N) is 4. The number of benzene rings is 2. The number of fused-ring (bicyclic) bond motifs is 1. The van der Waals surface area contributed by atoms with Gasteiger partial charge in [-0.3, -0.25) is 34.1 Å². The minimum Gasteiger partial charge on any atom is -0.444 e. The van der Waals surface area contributed by atoms with Gasteiger partial charge in [-0.2, -0.15) is 4.31 Å². The summed E-state index contributed by atoms with van der Waals surface area (Å²) in [5.74, 6) is -4.35. The summed E-state index contributed by atoms with van der Waals surface area (Å²) in [6.45, 7) is 10.1. The molecule has 5 atom stereocenters. The molecule has 6 rings (SSSR count). The number of carbonyl (C=O) groups excluding carboxylic acids is 5. The molecule has 2 aliphatic heterocycles. The lowest BCUT2D eigenvalue weighted by atomic mass is 10.1. The zero-order chi connectivity index (χ0) is 47.6. The highest BCUT2D eigenvalue weighted by atomic mass is 32.2. The number of amides is 5. The zero-order valence-corrected chi connectivity index (χ0v) is 37.7. The summed E-state index contributed by atoms with van der Waals surface area (Å²) >= 11 is 0. The minimum absolute atomic E-state index is 0.00678. The molecular formula is C42H52FN7O13S2. The molecule has 2 saturated carbocycles. The monoisotopic (exact) mass is 945 g/mol. The first-order chi connectivity index (χ1) is 30.5. The number of unbranched alkanes of at least 4 members (excludes halogenated alkanes) is 1. The Hall–Kier alpha value is -5.94. The summed E-state index contributed by atoms with van der Waals surface area (Å²) < 4.78 is 83.0. The summed E-state index contributed by atoms with van der Waals surface area (Å²) in [6.07, 6.45) is 0.186. The van der Waals surface area contributed by atoms with Gasteiger partial charge in [0.1, 0.15) is 35.1 Å². The highest BCUT2D eigenvalue weighted by Crippen LogP contribution is 2.45. The van der Waals surface area contributed by atoms with Crippen LogP contribution in [0.4, 0.5) is 19.7 Å². The number of hydrogen-bond acceptors (Lipinski definition) is 13. The normalized spacial score (nSPS) is 22.0. The second-order valence-electron chi connectivity index (χ2n) is 17.4. The lowest BCUT2D eigenvalue weighted by Gasteiger charge is -2.32. The molecule has 5 amide bonds. The van der Waals surface area contributed by atoms with Crippen LogP contribution in [-0.4, -0.2) is 120 Å². The smallest absolute Gasteiger partial charge is 0.410 e. The molecule has 0 aromatic heterocycles. The fourth-order valence-electron chi connectivity index (χ4n) is 7.85. The lowest BCUT2D eigenvalue weighted by molar-refractivity contribution is -0.387. The average Bonchev–Trinajstić information content (AvgIpc) is 4.13. The van der Waals surface area contributed by atoms with Crippen LogP contribution in [0.1, 0.15) is 70.4 Å². The number of carbonyl (C=O) groups is 5. The Balaban J connectivity index is 1.35. The van der Waals surface area contributed by atoms with Gasteiger partial charge in [0, 0.05) is 43.6 Å². The van der Waals surface area contributed by atoms with Crippen LogP contribution in [0, 0.1) is 21.8 Å². The maximum atomic E-state index is 15.0. The molecule has 2 aromatic rings. The number of nitrogens with one attached hydrogen (secondary N) is 3. The number of allylic oxidation sites excluding steroid dienone is 1. The molecule has 3 N–H and O–H groups in total. The van der Waals surface area contributed by atoms with Crippen molar-refractivity contribution in [3.63, 3.8) is 0 Å². The lowest BCUT2D eigenvalue weighted by Crippen LogP contribution is -2.60. The Kier molecular flexibility index (Phi) is 14.1. The van der Waals surface area contributed by atoms with Gasteiger partial charge in [-0.05, 0) is 70.6 Å². The van der Waals surface area contributed by atoms with Crippen molar-refractivity contribution in [2.75, 3.05) is 19.6 Å². The summed E-state index contributed by atoms with van der Waals surface area (Å²) in [5, 5.41) is 16.2. The standard InChI is InChI=1S/C42H52FN7O13S2/c1-6-8-11-19-48(65(60,61)35-16-10-9-15-33(35)50(56)57)25-32(44-39(54)63-41(3,4)5)37(52)49-23-28(62-40(55)47-22-26-13-12-14-31(43)30(26)24-47)20-34(49)36(51)45-42(21-27(42)7-2)38(53)46-64(58,59)29-17-18-29/h6-7,9-10,12-16,27-29,32,34H,1-2,8,11,17-25H2,3-5H3,(H,44,54)(H,45,51)(H,46,53)/t27-,28?,32+,34+,42-/m1/s1. The Labute approximate surface area is 375 Å². The van der Waals surface area contributed by atoms with Gasteiger partial charge in [0.25, 0.3) is 11.6 Å². The SMILES string of the molecule is C=CCCCN(C[C@H](NC(=O)OC(C)(C)C)C(=O)N1CC(OC(=O)N2Cc3cccc(F)c3C2)C[C@H]1C(=O)N[C@]1(C(=O)NS(=O)(=O)C2CC2)C[C@H]1C=C)S(=O)(=O)c1ccccc1[N+](=O)[O-]. The van der Waals surface area contributed by atoms with E-state index in [1.165, 1.54) is 62.1 Å². The first kappa shape index (κ1) is 48.5. The fraction of sp³-hybridized carbons (Fsp3) is 0.500. The quantitative estimate of drug-likeness (QED) is 0.0839. The number of para-hydroxylation sites is 1. The van der Waals surface area contributed by atoms with Crippen molar-refractivity contribution >= 4 is 55.6 Å². The molecule has 0 spiro atoms. The molecule has 65 heavy (non-hydrogen) atoms. The van der Waals surface area contributed by atoms with Gasteiger partial charge in [-0.25, -0.2) is 30.8 Å². The van der Waals surface area contributed by atoms with Crippen LogP contribution in [0.3, 0.4) is 0 Å². The first-order valence-electron chi connectivity index (χ1n) is 20.9. The van der Waals surface area contributed by atoms with Crippen LogP contribution in [0.15, 0.2) is 72.7 Å². The van der Waals surface area contributed by atoms with Gasteiger partial charge >= 0.3 is 12.2 Å². The van der Waals surface area contributed by atoms with Crippen molar-refractivity contribution in [1.29, 1.82) is 0 Å². The Morgan fingerprint density at radius 2 is 1.77 bits per heavy atom. The number of likely N-dealkylation sites (tertiary alicyclic amines) is 1. The van der Waals surface area contributed by atoms with E-state index in [0.29, 0.717) is 18.4 Å². The molecule has 4 aliphatic rings. The van der Waals surface area contributed by atoms with Gasteiger partial charge in [0.05, 0.1) is 23.3 Å². The van der Waals surface area contributed by atoms with E-state index >= 15 is 4.79 Å². The largest absolute Gasteiger partial charge is 0.444 e. The summed E-state index contributed by atoms with van der Waals surface area (Å²) in [7, 11) is -8.89. The predicted octanol–water partition coefficient (Wildman–Crippen LogP) is 3.38. The number of nitro benzene ring substituents is 1. The molecule has 0 radical (unpaired) electrons. The van der Waals surface area contributed by atoms with E-state index in [-0.39, 0.29) is 44.5 Å². The molecule has 2 heterocycles. The van der Waals surface area contributed by atoms with Gasteiger partial charge < -0.3 is 25.0 Å². The molecule has 2 aromatic carbocycles. The maximum absolute atomic E-state index is 15.0. The zero-order valence-electron chi connectivity index (χ0n) is 36.1. The predicted molar refractivity (Wildman–Crippen MR) is 230 cm³/mol. The third-order valence-corrected chi connectivity index (χ3v) is 15.2. The van der Waals surface area contributed by atoms with E-state index in [1.807, 2.05) is 4.72 Å². The number of rotatable bonds is 18. The Morgan fingerprint density at radius 3 is 2.38 bits per heavy atom. The van der Waals surface area contributed by atoms with Gasteiger partial charge in [-0.15, -0.1) is 13.2 Å². The Morgan fingerprint density at radius 1 is 1.06 bits per heavy atom. The van der Waals surface area contributed by atoms with E-state index < -0.39 is 131 Å². The fourth-order valence-corrected chi connectivity index (χ4v) is 10.9. The van der Waals surface area contributed by atoms with Crippen LogP contribution in [0.5, 0.6) is 0 Å². The molecule has 20 nitrogen and oxygen atoms in total. The van der Waals surface area contributed by atoms with Gasteiger partial charge in [0.2, 0.25) is 31.9 Å². The number of alkyl carbamates (subject to hydrolysis) is 1. The van der Waals surface area contributed by atoms with Crippen LogP contribution in [-0.2, 0) is 57.0 Å². The number of sulfonamides is 2. The molecule has 23 heteroatoms. The topological polar surface area (TPSA) is 261 Å². The highest BCUT2D eigenvalue weighted by molar-refractivity contribution is 7.91. The average molecular weight is 946 g/mol. The third kappa shape index (κ3) is 11.0. The third-order valence-electron chi connectivity index (χ3n) is 11.4. The number of hydrogen-bond donors (Lipinski definition) is 3. The van der Waals surface area contributed by atoms with E-state index in [2.05, 4.69) is 23.8 Å². The Bertz CT molecular complexity index is 2500. The minimum atomic E-state index is -4.81. The molecule has 0 bridgehead atoms. The second kappa shape index (κ2) is 18.9. The molecule has 2 aliphatic carbocycles. The van der Waals surface area contributed by atoms with Crippen LogP contribution >= 0.6 is 0 Å². The summed E-state index contributed by atoms with van der Waals surface area (Å²) in [5.41, 5.74) is -2.86. The number of halogens is 1. The van der Waals surface area contributed by atoms with Crippen LogP contribution < -0.4 is 15.4 Å². The van der Waals surface area contributed by atoms with E-state index in [4.69, 9.17) is 9.47 Å². The molecule has 352 valence electrons. The van der Waals surface area contributed by atoms with Crippen LogP contribution in [0.2, 0.25) is 0 Å². The molecule has 1 unspecified atom stereocenters. The van der Waals surface area contributed by atoms with Crippen molar-refractivity contribution in [2.45, 2.75) is 112 Å². The van der Waals surface area contributed by atoms with E-state index in [1.54, 1.807) is 6.07 Å². The number of ether oxygens (including phenoxy) is 2. The van der Waals surface area contributed by atoms with Crippen molar-refractivity contribution in [3.05, 3.63) is 94.8 Å². The van der Waals surface area contributed by atoms with Crippen molar-refractivity contribution < 1.29 is 59.6 Å². The van der Waals surface area contributed by atoms with Crippen LogP contribution in [0.25, 0.3) is 0 Å². The van der Waals surface area contributed by atoms with Gasteiger partial charge in [-0.1, -0.05) is 36.4 Å². The van der Waals surface area contributed by atoms with Crippen molar-refractivity contribution in [3.8, 4) is 0 Å². The maximum Gasteiger partial charge on any atom is 0.410 e.